The van der Waals surface area contributed by atoms with Crippen molar-refractivity contribution in [3.8, 4) is 10.6 Å². The molecule has 0 bridgehead atoms. The van der Waals surface area contributed by atoms with E-state index in [2.05, 4.69) is 4.98 Å². The molecule has 3 rings (SSSR count). The van der Waals surface area contributed by atoms with Gasteiger partial charge in [0.15, 0.2) is 0 Å². The van der Waals surface area contributed by atoms with Gasteiger partial charge in [0.2, 0.25) is 0 Å². The maximum Gasteiger partial charge on any atom is 0.134 e. The summed E-state index contributed by atoms with van der Waals surface area (Å²) in [7, 11) is 0. The summed E-state index contributed by atoms with van der Waals surface area (Å²) in [4.78, 5) is 5.50. The highest BCUT2D eigenvalue weighted by molar-refractivity contribution is 7.15. The summed E-state index contributed by atoms with van der Waals surface area (Å²) in [6.45, 7) is 1.96. The molecule has 3 nitrogen and oxygen atoms in total. The molecule has 0 amide bonds. The summed E-state index contributed by atoms with van der Waals surface area (Å²) in [5.74, 6) is 0. The van der Waals surface area contributed by atoms with Crippen LogP contribution in [0.4, 0.5) is 0 Å². The zero-order valence-electron chi connectivity index (χ0n) is 9.38. The molecule has 2 heterocycles. The van der Waals surface area contributed by atoms with Crippen LogP contribution in [0.2, 0.25) is 0 Å². The van der Waals surface area contributed by atoms with Gasteiger partial charge in [0, 0.05) is 22.5 Å². The monoisotopic (exact) mass is 244 g/mol. The Bertz CT molecular complexity index is 654. The van der Waals surface area contributed by atoms with Crippen molar-refractivity contribution in [3.05, 3.63) is 41.6 Å². The first-order valence-corrected chi connectivity index (χ1v) is 6.25. The van der Waals surface area contributed by atoms with E-state index in [0.717, 1.165) is 26.4 Å². The maximum atomic E-state index is 5.84. The van der Waals surface area contributed by atoms with Gasteiger partial charge >= 0.3 is 0 Å². The van der Waals surface area contributed by atoms with Gasteiger partial charge in [-0.05, 0) is 13.0 Å². The smallest absolute Gasteiger partial charge is 0.134 e. The van der Waals surface area contributed by atoms with E-state index in [9.17, 15) is 0 Å². The van der Waals surface area contributed by atoms with E-state index in [1.165, 1.54) is 0 Å². The number of hydrogen-bond donors (Lipinski definition) is 1. The minimum atomic E-state index is 0.0272. The number of nitrogens with zero attached hydrogens (tertiary/aromatic N) is 1. The standard InChI is InChI=1S/C13H12N2OS/c1-8(14)12-6-15-13(17-12)10-7-16-11-5-3-2-4-9(10)11/h2-8H,14H2,1H3. The third kappa shape index (κ3) is 1.75. The average Bonchev–Trinajstić information content (AvgIpc) is 2.95. The first-order chi connectivity index (χ1) is 8.25. The molecular weight excluding hydrogens is 232 g/mol. The second-order valence-electron chi connectivity index (χ2n) is 4.00. The van der Waals surface area contributed by atoms with Crippen LogP contribution in [-0.4, -0.2) is 4.98 Å². The average molecular weight is 244 g/mol. The van der Waals surface area contributed by atoms with Gasteiger partial charge in [0.05, 0.1) is 5.56 Å². The Balaban J connectivity index is 2.14. The van der Waals surface area contributed by atoms with Crippen LogP contribution in [0.25, 0.3) is 21.5 Å². The zero-order chi connectivity index (χ0) is 11.8. The van der Waals surface area contributed by atoms with Crippen LogP contribution in [0, 0.1) is 0 Å². The molecule has 86 valence electrons. The second-order valence-corrected chi connectivity index (χ2v) is 5.06. The third-order valence-corrected chi connectivity index (χ3v) is 3.92. The molecule has 3 aromatic rings. The number of aromatic nitrogens is 1. The number of thiazole rings is 1. The van der Waals surface area contributed by atoms with Crippen molar-refractivity contribution in [2.45, 2.75) is 13.0 Å². The Morgan fingerprint density at radius 1 is 1.35 bits per heavy atom. The van der Waals surface area contributed by atoms with E-state index in [4.69, 9.17) is 10.2 Å². The largest absolute Gasteiger partial charge is 0.464 e. The summed E-state index contributed by atoms with van der Waals surface area (Å²) in [6.07, 6.45) is 3.60. The van der Waals surface area contributed by atoms with Gasteiger partial charge in [-0.3, -0.25) is 0 Å². The molecule has 1 unspecified atom stereocenters. The maximum absolute atomic E-state index is 5.84. The van der Waals surface area contributed by atoms with Crippen molar-refractivity contribution in [1.29, 1.82) is 0 Å². The van der Waals surface area contributed by atoms with Crippen LogP contribution in [-0.2, 0) is 0 Å². The molecule has 17 heavy (non-hydrogen) atoms. The number of benzene rings is 1. The Kier molecular flexibility index (Phi) is 2.46. The van der Waals surface area contributed by atoms with E-state index in [1.807, 2.05) is 37.4 Å². The molecule has 4 heteroatoms. The van der Waals surface area contributed by atoms with Crippen molar-refractivity contribution < 1.29 is 4.42 Å². The molecule has 0 radical (unpaired) electrons. The van der Waals surface area contributed by atoms with Gasteiger partial charge in [-0.2, -0.15) is 0 Å². The Morgan fingerprint density at radius 2 is 2.18 bits per heavy atom. The number of para-hydroxylation sites is 1. The molecule has 2 aromatic heterocycles. The lowest BCUT2D eigenvalue weighted by Gasteiger charge is -1.96. The minimum absolute atomic E-state index is 0.0272. The number of nitrogens with two attached hydrogens (primary N) is 1. The van der Waals surface area contributed by atoms with Gasteiger partial charge in [0.1, 0.15) is 16.9 Å². The summed E-state index contributed by atoms with van der Waals surface area (Å²) >= 11 is 1.62. The summed E-state index contributed by atoms with van der Waals surface area (Å²) in [5, 5.41) is 2.06. The number of rotatable bonds is 2. The summed E-state index contributed by atoms with van der Waals surface area (Å²) in [6, 6.07) is 7.99. The van der Waals surface area contributed by atoms with Gasteiger partial charge in [-0.15, -0.1) is 11.3 Å². The molecule has 1 aromatic carbocycles. The molecule has 0 spiro atoms. The van der Waals surface area contributed by atoms with Crippen LogP contribution in [0.3, 0.4) is 0 Å². The highest BCUT2D eigenvalue weighted by atomic mass is 32.1. The van der Waals surface area contributed by atoms with E-state index in [0.29, 0.717) is 0 Å². The van der Waals surface area contributed by atoms with E-state index < -0.39 is 0 Å². The predicted molar refractivity (Wildman–Crippen MR) is 69.9 cm³/mol. The Hall–Kier alpha value is -1.65. The van der Waals surface area contributed by atoms with E-state index in [-0.39, 0.29) is 6.04 Å². The first-order valence-electron chi connectivity index (χ1n) is 5.43. The fourth-order valence-corrected chi connectivity index (χ4v) is 2.65. The van der Waals surface area contributed by atoms with Crippen LogP contribution >= 0.6 is 11.3 Å². The molecule has 0 saturated carbocycles. The fraction of sp³-hybridized carbons (Fsp3) is 0.154. The van der Waals surface area contributed by atoms with Crippen molar-refractivity contribution in [1.82, 2.24) is 4.98 Å². The first kappa shape index (κ1) is 10.5. The highest BCUT2D eigenvalue weighted by Gasteiger charge is 2.12. The lowest BCUT2D eigenvalue weighted by molar-refractivity contribution is 0.617. The van der Waals surface area contributed by atoms with E-state index in [1.54, 1.807) is 17.6 Å². The van der Waals surface area contributed by atoms with Gasteiger partial charge in [0.25, 0.3) is 0 Å². The van der Waals surface area contributed by atoms with Crippen LogP contribution < -0.4 is 5.73 Å². The molecule has 0 fully saturated rings. The SMILES string of the molecule is CC(N)c1cnc(-c2coc3ccccc23)s1. The van der Waals surface area contributed by atoms with Crippen molar-refractivity contribution in [2.24, 2.45) is 5.73 Å². The van der Waals surface area contributed by atoms with Gasteiger partial charge in [-0.25, -0.2) is 4.98 Å². The topological polar surface area (TPSA) is 52.0 Å². The van der Waals surface area contributed by atoms with Gasteiger partial charge in [-0.1, -0.05) is 18.2 Å². The lowest BCUT2D eigenvalue weighted by Crippen LogP contribution is -2.01. The normalized spacial score (nSPS) is 13.1. The second kappa shape index (κ2) is 3.98. The predicted octanol–water partition coefficient (Wildman–Crippen LogP) is 3.58. The zero-order valence-corrected chi connectivity index (χ0v) is 10.2. The molecular formula is C13H12N2OS. The molecule has 0 aliphatic carbocycles. The minimum Gasteiger partial charge on any atom is -0.464 e. The van der Waals surface area contributed by atoms with Crippen LogP contribution in [0.5, 0.6) is 0 Å². The highest BCUT2D eigenvalue weighted by Crippen LogP contribution is 2.34. The summed E-state index contributed by atoms with van der Waals surface area (Å²) in [5.41, 5.74) is 7.77. The van der Waals surface area contributed by atoms with E-state index >= 15 is 0 Å². The van der Waals surface area contributed by atoms with Crippen LogP contribution in [0.15, 0.2) is 41.1 Å². The molecule has 0 aliphatic heterocycles. The molecule has 2 N–H and O–H groups in total. The Morgan fingerprint density at radius 3 is 2.94 bits per heavy atom. The van der Waals surface area contributed by atoms with Crippen molar-refractivity contribution >= 4 is 22.3 Å². The fourth-order valence-electron chi connectivity index (χ4n) is 1.77. The number of furan rings is 1. The van der Waals surface area contributed by atoms with Gasteiger partial charge < -0.3 is 10.2 Å². The van der Waals surface area contributed by atoms with Crippen molar-refractivity contribution in [2.75, 3.05) is 0 Å². The number of hydrogen-bond acceptors (Lipinski definition) is 4. The van der Waals surface area contributed by atoms with Crippen molar-refractivity contribution in [3.63, 3.8) is 0 Å². The quantitative estimate of drug-likeness (QED) is 0.749. The third-order valence-electron chi connectivity index (χ3n) is 2.68. The Labute approximate surface area is 103 Å². The molecule has 1 atom stereocenters. The number of fused-ring (bicyclic) bond motifs is 1. The molecule has 0 saturated heterocycles. The van der Waals surface area contributed by atoms with Crippen LogP contribution in [0.1, 0.15) is 17.8 Å². The molecule has 0 aliphatic rings. The lowest BCUT2D eigenvalue weighted by atomic mass is 10.2. The summed E-state index contributed by atoms with van der Waals surface area (Å²) < 4.78 is 5.51.